The van der Waals surface area contributed by atoms with Crippen LogP contribution in [0, 0.1) is 11.7 Å². The van der Waals surface area contributed by atoms with Crippen molar-refractivity contribution in [1.29, 1.82) is 0 Å². The molecule has 2 aromatic rings. The van der Waals surface area contributed by atoms with Crippen LogP contribution in [0.25, 0.3) is 0 Å². The summed E-state index contributed by atoms with van der Waals surface area (Å²) in [6, 6.07) is 10.5. The summed E-state index contributed by atoms with van der Waals surface area (Å²) in [5.41, 5.74) is 1.13. The highest BCUT2D eigenvalue weighted by atomic mass is 19.1. The Hall–Kier alpha value is -2.97. The molecule has 0 aliphatic carbocycles. The number of amides is 2. The number of benzene rings is 2. The van der Waals surface area contributed by atoms with Crippen molar-refractivity contribution >= 4 is 17.5 Å². The molecule has 35 heavy (non-hydrogen) atoms. The van der Waals surface area contributed by atoms with Gasteiger partial charge in [-0.15, -0.1) is 0 Å². The molecule has 0 bridgehead atoms. The van der Waals surface area contributed by atoms with Crippen molar-refractivity contribution in [2.75, 3.05) is 45.7 Å². The fourth-order valence-corrected chi connectivity index (χ4v) is 4.33. The van der Waals surface area contributed by atoms with Crippen molar-refractivity contribution in [3.05, 3.63) is 59.4 Å². The lowest BCUT2D eigenvalue weighted by molar-refractivity contribution is 0.0108. The van der Waals surface area contributed by atoms with Crippen LogP contribution in [0.2, 0.25) is 0 Å². The summed E-state index contributed by atoms with van der Waals surface area (Å²) in [6.45, 7) is 9.07. The zero-order valence-electron chi connectivity index (χ0n) is 21.2. The summed E-state index contributed by atoms with van der Waals surface area (Å²) in [5.74, 6) is -0.345. The van der Waals surface area contributed by atoms with E-state index in [9.17, 15) is 14.0 Å². The van der Waals surface area contributed by atoms with Crippen molar-refractivity contribution < 1.29 is 23.5 Å². The van der Waals surface area contributed by atoms with Gasteiger partial charge in [0.1, 0.15) is 18.2 Å². The second-order valence-electron chi connectivity index (χ2n) is 9.26. The predicted molar refractivity (Wildman–Crippen MR) is 135 cm³/mol. The Bertz CT molecular complexity index is 1010. The van der Waals surface area contributed by atoms with E-state index in [2.05, 4.69) is 31.0 Å². The molecule has 1 aliphatic rings. The maximum atomic E-state index is 13.4. The van der Waals surface area contributed by atoms with Crippen LogP contribution < -0.4 is 10.1 Å². The van der Waals surface area contributed by atoms with E-state index >= 15 is 0 Å². The van der Waals surface area contributed by atoms with E-state index in [0.717, 1.165) is 19.5 Å². The van der Waals surface area contributed by atoms with Crippen molar-refractivity contribution in [2.45, 2.75) is 39.3 Å². The van der Waals surface area contributed by atoms with E-state index < -0.39 is 11.7 Å². The molecule has 0 aromatic heterocycles. The Kier molecular flexibility index (Phi) is 9.23. The van der Waals surface area contributed by atoms with Crippen LogP contribution >= 0.6 is 0 Å². The molecule has 3 atom stereocenters. The number of hydrogen-bond donors (Lipinski definition) is 1. The fraction of sp³-hybridized carbons (Fsp3) is 0.481. The molecule has 2 aromatic carbocycles. The predicted octanol–water partition coefficient (Wildman–Crippen LogP) is 4.29. The Morgan fingerprint density at radius 1 is 1.17 bits per heavy atom. The third-order valence-electron chi connectivity index (χ3n) is 6.45. The number of likely N-dealkylation sites (N-methyl/N-ethyl adjacent to an activating group) is 1. The number of ether oxygens (including phenoxy) is 2. The Balaban J connectivity index is 1.91. The van der Waals surface area contributed by atoms with Crippen molar-refractivity contribution in [3.8, 4) is 5.75 Å². The van der Waals surface area contributed by atoms with E-state index in [0.29, 0.717) is 35.7 Å². The van der Waals surface area contributed by atoms with Gasteiger partial charge in [0.2, 0.25) is 0 Å². The van der Waals surface area contributed by atoms with Gasteiger partial charge in [-0.2, -0.15) is 0 Å². The van der Waals surface area contributed by atoms with E-state index in [-0.39, 0.29) is 24.0 Å². The summed E-state index contributed by atoms with van der Waals surface area (Å²) in [5, 5.41) is 2.79. The monoisotopic (exact) mass is 485 g/mol. The van der Waals surface area contributed by atoms with Gasteiger partial charge < -0.3 is 19.7 Å². The van der Waals surface area contributed by atoms with Gasteiger partial charge in [-0.25, -0.2) is 4.39 Å². The van der Waals surface area contributed by atoms with Gasteiger partial charge in [0.15, 0.2) is 0 Å². The minimum absolute atomic E-state index is 0.124. The molecular formula is C27H36FN3O4. The van der Waals surface area contributed by atoms with Crippen LogP contribution in [0.5, 0.6) is 5.75 Å². The molecular weight excluding hydrogens is 449 g/mol. The van der Waals surface area contributed by atoms with E-state index in [1.54, 1.807) is 37.3 Å². The molecule has 0 unspecified atom stereocenters. The molecule has 0 saturated heterocycles. The summed E-state index contributed by atoms with van der Waals surface area (Å²) in [4.78, 5) is 30.1. The number of methoxy groups -OCH3 is 1. The summed E-state index contributed by atoms with van der Waals surface area (Å²) in [7, 11) is 3.42. The number of fused-ring (bicyclic) bond motifs is 1. The zero-order valence-corrected chi connectivity index (χ0v) is 21.2. The topological polar surface area (TPSA) is 71.1 Å². The fourth-order valence-electron chi connectivity index (χ4n) is 4.33. The first-order valence-corrected chi connectivity index (χ1v) is 12.1. The molecule has 2 amide bonds. The lowest BCUT2D eigenvalue weighted by Gasteiger charge is -2.35. The van der Waals surface area contributed by atoms with Gasteiger partial charge in [-0.1, -0.05) is 13.8 Å². The van der Waals surface area contributed by atoms with Crippen molar-refractivity contribution in [1.82, 2.24) is 9.80 Å². The smallest absolute Gasteiger partial charge is 0.257 e. The highest BCUT2D eigenvalue weighted by Crippen LogP contribution is 2.27. The van der Waals surface area contributed by atoms with Crippen LogP contribution in [-0.4, -0.2) is 74.2 Å². The normalized spacial score (nSPS) is 21.9. The van der Waals surface area contributed by atoms with E-state index in [1.165, 1.54) is 24.3 Å². The lowest BCUT2D eigenvalue weighted by Crippen LogP contribution is -2.46. The zero-order chi connectivity index (χ0) is 25.5. The minimum Gasteiger partial charge on any atom is -0.491 e. The molecule has 0 spiro atoms. The molecule has 3 rings (SSSR count). The summed E-state index contributed by atoms with van der Waals surface area (Å²) >= 11 is 0. The summed E-state index contributed by atoms with van der Waals surface area (Å²) in [6.07, 6.45) is 0.904. The minimum atomic E-state index is -0.414. The molecule has 0 fully saturated rings. The molecule has 190 valence electrons. The van der Waals surface area contributed by atoms with E-state index in [4.69, 9.17) is 9.47 Å². The van der Waals surface area contributed by atoms with Crippen LogP contribution in [0.4, 0.5) is 10.1 Å². The number of nitrogens with one attached hydrogen (secondary N) is 1. The average Bonchev–Trinajstić information content (AvgIpc) is 2.85. The van der Waals surface area contributed by atoms with Crippen LogP contribution in [0.1, 0.15) is 47.9 Å². The highest BCUT2D eigenvalue weighted by molar-refractivity contribution is 6.05. The third kappa shape index (κ3) is 6.80. The van der Waals surface area contributed by atoms with Crippen LogP contribution in [0.3, 0.4) is 0 Å². The number of rotatable bonds is 5. The average molecular weight is 486 g/mol. The second kappa shape index (κ2) is 12.1. The van der Waals surface area contributed by atoms with Gasteiger partial charge in [-0.05, 0) is 68.3 Å². The van der Waals surface area contributed by atoms with Crippen LogP contribution in [0.15, 0.2) is 42.5 Å². The number of carbonyl (C=O) groups is 2. The van der Waals surface area contributed by atoms with Gasteiger partial charge in [-0.3, -0.25) is 14.5 Å². The number of hydrogen-bond acceptors (Lipinski definition) is 5. The molecule has 0 saturated carbocycles. The lowest BCUT2D eigenvalue weighted by atomic mass is 10.0. The van der Waals surface area contributed by atoms with Crippen molar-refractivity contribution in [2.24, 2.45) is 5.92 Å². The Labute approximate surface area is 207 Å². The molecule has 1 aliphatic heterocycles. The highest BCUT2D eigenvalue weighted by Gasteiger charge is 2.28. The number of carbonyl (C=O) groups excluding carboxylic acids is 2. The van der Waals surface area contributed by atoms with Gasteiger partial charge in [0, 0.05) is 44.5 Å². The van der Waals surface area contributed by atoms with Gasteiger partial charge >= 0.3 is 0 Å². The first kappa shape index (κ1) is 26.6. The number of anilines is 1. The Morgan fingerprint density at radius 2 is 1.89 bits per heavy atom. The first-order valence-electron chi connectivity index (χ1n) is 12.1. The largest absolute Gasteiger partial charge is 0.491 e. The number of halogens is 1. The molecule has 1 N–H and O–H groups in total. The van der Waals surface area contributed by atoms with Gasteiger partial charge in [0.25, 0.3) is 11.8 Å². The number of nitrogens with zero attached hydrogens (tertiary/aromatic N) is 2. The molecule has 8 heteroatoms. The quantitative estimate of drug-likeness (QED) is 0.684. The maximum absolute atomic E-state index is 13.4. The Morgan fingerprint density at radius 3 is 2.54 bits per heavy atom. The summed E-state index contributed by atoms with van der Waals surface area (Å²) < 4.78 is 25.1. The van der Waals surface area contributed by atoms with Crippen molar-refractivity contribution in [3.63, 3.8) is 0 Å². The second-order valence-corrected chi connectivity index (χ2v) is 9.26. The standard InChI is InChI=1S/C27H36FN3O4/c1-6-13-31-15-18(2)25(34-5)16-30(4)27(33)23-14-22(11-12-24(23)35-17-19(31)3)29-26(32)20-7-9-21(28)10-8-20/h7-12,14,18-19,25H,6,13,15-17H2,1-5H3,(H,29,32)/t18-,19+,25-/m1/s1. The third-order valence-corrected chi connectivity index (χ3v) is 6.45. The van der Waals surface area contributed by atoms with Gasteiger partial charge in [0.05, 0.1) is 11.7 Å². The molecule has 0 radical (unpaired) electrons. The van der Waals surface area contributed by atoms with Crippen LogP contribution in [-0.2, 0) is 4.74 Å². The first-order chi connectivity index (χ1) is 16.7. The maximum Gasteiger partial charge on any atom is 0.257 e. The molecule has 1 heterocycles. The van der Waals surface area contributed by atoms with E-state index in [1.807, 2.05) is 0 Å². The SMILES string of the molecule is CCCN1C[C@@H](C)[C@H](OC)CN(C)C(=O)c2cc(NC(=O)c3ccc(F)cc3)ccc2OC[C@@H]1C. The molecule has 7 nitrogen and oxygen atoms in total.